The number of hydrogen-bond donors (Lipinski definition) is 1. The van der Waals surface area contributed by atoms with Crippen molar-refractivity contribution in [3.05, 3.63) is 27.8 Å². The van der Waals surface area contributed by atoms with Gasteiger partial charge in [0.25, 0.3) is 0 Å². The lowest BCUT2D eigenvalue weighted by Gasteiger charge is -2.28. The lowest BCUT2D eigenvalue weighted by atomic mass is 10.3. The van der Waals surface area contributed by atoms with E-state index in [1.807, 2.05) is 4.90 Å². The first-order valence-corrected chi connectivity index (χ1v) is 7.29. The van der Waals surface area contributed by atoms with Gasteiger partial charge in [0, 0.05) is 24.9 Å². The summed E-state index contributed by atoms with van der Waals surface area (Å²) >= 11 is 6.66. The Morgan fingerprint density at radius 3 is 2.84 bits per heavy atom. The molecule has 2 heterocycles. The van der Waals surface area contributed by atoms with Gasteiger partial charge in [0.1, 0.15) is 15.8 Å². The summed E-state index contributed by atoms with van der Waals surface area (Å²) in [5.41, 5.74) is -0.249. The van der Waals surface area contributed by atoms with E-state index in [1.165, 1.54) is 17.8 Å². The van der Waals surface area contributed by atoms with Crippen LogP contribution in [0.25, 0.3) is 0 Å². The maximum Gasteiger partial charge on any atom is 0.343 e. The molecule has 1 aliphatic rings. The van der Waals surface area contributed by atoms with Crippen LogP contribution in [0.2, 0.25) is 0 Å². The third-order valence-electron chi connectivity index (χ3n) is 2.76. The zero-order chi connectivity index (χ0) is 13.8. The van der Waals surface area contributed by atoms with Crippen LogP contribution in [-0.4, -0.2) is 40.6 Å². The Bertz CT molecular complexity index is 523. The summed E-state index contributed by atoms with van der Waals surface area (Å²) in [7, 11) is 0. The van der Waals surface area contributed by atoms with Crippen LogP contribution in [0.1, 0.15) is 11.3 Å². The molecule has 0 spiro atoms. The van der Waals surface area contributed by atoms with Crippen molar-refractivity contribution in [1.82, 2.24) is 4.90 Å². The van der Waals surface area contributed by atoms with E-state index in [0.717, 1.165) is 13.1 Å². The molecule has 0 bridgehead atoms. The molecule has 104 valence electrons. The Morgan fingerprint density at radius 1 is 1.53 bits per heavy atom. The summed E-state index contributed by atoms with van der Waals surface area (Å²) in [5, 5.41) is 9.75. The molecule has 0 aromatic carbocycles. The molecule has 19 heavy (non-hydrogen) atoms. The number of thioether (sulfide) groups is 1. The molecule has 0 atom stereocenters. The predicted octanol–water partition coefficient (Wildman–Crippen LogP) is 1.50. The molecule has 1 aromatic rings. The van der Waals surface area contributed by atoms with E-state index in [9.17, 15) is 9.90 Å². The van der Waals surface area contributed by atoms with Gasteiger partial charge in [0.15, 0.2) is 0 Å². The van der Waals surface area contributed by atoms with Crippen molar-refractivity contribution in [3.63, 3.8) is 0 Å². The van der Waals surface area contributed by atoms with Crippen LogP contribution in [0.3, 0.4) is 0 Å². The maximum atomic E-state index is 11.6. The molecule has 0 unspecified atom stereocenters. The largest absolute Gasteiger partial charge is 0.507 e. The van der Waals surface area contributed by atoms with Crippen LogP contribution < -0.4 is 5.63 Å². The fourth-order valence-corrected chi connectivity index (χ4v) is 2.98. The average Bonchev–Trinajstić information content (AvgIpc) is 2.38. The molecule has 1 aliphatic heterocycles. The highest BCUT2D eigenvalue weighted by Gasteiger charge is 2.16. The highest BCUT2D eigenvalue weighted by molar-refractivity contribution is 8.22. The van der Waals surface area contributed by atoms with E-state index < -0.39 is 5.63 Å². The Labute approximate surface area is 120 Å². The summed E-state index contributed by atoms with van der Waals surface area (Å²) < 4.78 is 10.9. The SMILES string of the molecule is Cc1cc(O)c(CSC(=S)N2CCOCC2)c(=O)o1. The third-order valence-corrected chi connectivity index (χ3v) is 4.31. The van der Waals surface area contributed by atoms with E-state index in [1.54, 1.807) is 6.92 Å². The predicted molar refractivity (Wildman–Crippen MR) is 77.7 cm³/mol. The van der Waals surface area contributed by atoms with Crippen molar-refractivity contribution in [2.45, 2.75) is 12.7 Å². The third kappa shape index (κ3) is 3.71. The Kier molecular flexibility index (Phi) is 4.84. The topological polar surface area (TPSA) is 62.9 Å². The van der Waals surface area contributed by atoms with Crippen molar-refractivity contribution >= 4 is 28.3 Å². The van der Waals surface area contributed by atoms with Gasteiger partial charge in [-0.15, -0.1) is 0 Å². The van der Waals surface area contributed by atoms with Crippen molar-refractivity contribution in [2.75, 3.05) is 26.3 Å². The molecule has 7 heteroatoms. The molecule has 0 radical (unpaired) electrons. The first-order valence-electron chi connectivity index (χ1n) is 5.90. The maximum absolute atomic E-state index is 11.6. The first kappa shape index (κ1) is 14.4. The molecule has 0 saturated carbocycles. The minimum atomic E-state index is -0.505. The number of nitrogens with zero attached hydrogens (tertiary/aromatic N) is 1. The van der Waals surface area contributed by atoms with Gasteiger partial charge in [-0.1, -0.05) is 24.0 Å². The first-order chi connectivity index (χ1) is 9.08. The number of hydrogen-bond acceptors (Lipinski definition) is 6. The molecule has 1 fully saturated rings. The second-order valence-electron chi connectivity index (χ2n) is 4.16. The van der Waals surface area contributed by atoms with Crippen molar-refractivity contribution in [1.29, 1.82) is 0 Å². The lowest BCUT2D eigenvalue weighted by Crippen LogP contribution is -2.38. The van der Waals surface area contributed by atoms with Crippen LogP contribution >= 0.6 is 24.0 Å². The monoisotopic (exact) mass is 301 g/mol. The number of morpholine rings is 1. The Hall–Kier alpha value is -1.05. The Morgan fingerprint density at radius 2 is 2.21 bits per heavy atom. The zero-order valence-corrected chi connectivity index (χ0v) is 12.2. The second-order valence-corrected chi connectivity index (χ2v) is 5.77. The number of thiocarbonyl (C=S) groups is 1. The summed E-state index contributed by atoms with van der Waals surface area (Å²) in [6.45, 7) is 4.48. The standard InChI is InChI=1S/C12H15NO4S2/c1-8-6-10(14)9(11(15)17-8)7-19-12(18)13-2-4-16-5-3-13/h6,14H,2-5,7H2,1H3. The molecule has 5 nitrogen and oxygen atoms in total. The summed E-state index contributed by atoms with van der Waals surface area (Å²) in [5.74, 6) is 0.669. The van der Waals surface area contributed by atoms with Gasteiger partial charge < -0.3 is 19.2 Å². The van der Waals surface area contributed by atoms with E-state index in [0.29, 0.717) is 29.0 Å². The molecule has 1 aromatic heterocycles. The van der Waals surface area contributed by atoms with Crippen LogP contribution in [-0.2, 0) is 10.5 Å². The minimum absolute atomic E-state index is 0.0361. The summed E-state index contributed by atoms with van der Waals surface area (Å²) in [6, 6.07) is 1.44. The van der Waals surface area contributed by atoms with Crippen LogP contribution in [0.15, 0.2) is 15.3 Å². The van der Waals surface area contributed by atoms with Crippen molar-refractivity contribution in [3.8, 4) is 5.75 Å². The normalized spacial score (nSPS) is 15.5. The highest BCUT2D eigenvalue weighted by Crippen LogP contribution is 2.22. The zero-order valence-electron chi connectivity index (χ0n) is 10.5. The van der Waals surface area contributed by atoms with Gasteiger partial charge in [-0.3, -0.25) is 0 Å². The molecule has 0 aliphatic carbocycles. The minimum Gasteiger partial charge on any atom is -0.507 e. The lowest BCUT2D eigenvalue weighted by molar-refractivity contribution is 0.0702. The highest BCUT2D eigenvalue weighted by atomic mass is 32.2. The number of ether oxygens (including phenoxy) is 1. The van der Waals surface area contributed by atoms with Crippen molar-refractivity contribution in [2.24, 2.45) is 0 Å². The fraction of sp³-hybridized carbons (Fsp3) is 0.500. The van der Waals surface area contributed by atoms with E-state index >= 15 is 0 Å². The molecule has 1 saturated heterocycles. The van der Waals surface area contributed by atoms with E-state index in [2.05, 4.69) is 0 Å². The van der Waals surface area contributed by atoms with E-state index in [4.69, 9.17) is 21.4 Å². The van der Waals surface area contributed by atoms with Gasteiger partial charge in [-0.2, -0.15) is 0 Å². The molecule has 2 rings (SSSR count). The smallest absolute Gasteiger partial charge is 0.343 e. The number of aryl methyl sites for hydroxylation is 1. The van der Waals surface area contributed by atoms with Gasteiger partial charge in [-0.05, 0) is 6.92 Å². The van der Waals surface area contributed by atoms with Crippen LogP contribution in [0, 0.1) is 6.92 Å². The summed E-state index contributed by atoms with van der Waals surface area (Å²) in [4.78, 5) is 13.7. The Balaban J connectivity index is 1.99. The van der Waals surface area contributed by atoms with Gasteiger partial charge in [0.05, 0.1) is 18.8 Å². The van der Waals surface area contributed by atoms with E-state index in [-0.39, 0.29) is 11.3 Å². The van der Waals surface area contributed by atoms with Crippen LogP contribution in [0.5, 0.6) is 5.75 Å². The van der Waals surface area contributed by atoms with Crippen molar-refractivity contribution < 1.29 is 14.3 Å². The summed E-state index contributed by atoms with van der Waals surface area (Å²) in [6.07, 6.45) is 0. The number of rotatable bonds is 2. The molecular formula is C12H15NO4S2. The van der Waals surface area contributed by atoms with Crippen LogP contribution in [0.4, 0.5) is 0 Å². The molecular weight excluding hydrogens is 286 g/mol. The van der Waals surface area contributed by atoms with Gasteiger partial charge in [0.2, 0.25) is 0 Å². The molecule has 1 N–H and O–H groups in total. The quantitative estimate of drug-likeness (QED) is 0.831. The second kappa shape index (κ2) is 6.40. The van der Waals surface area contributed by atoms with Gasteiger partial charge in [-0.25, -0.2) is 4.79 Å². The number of aromatic hydroxyl groups is 1. The average molecular weight is 301 g/mol. The molecule has 0 amide bonds. The van der Waals surface area contributed by atoms with Gasteiger partial charge >= 0.3 is 5.63 Å². The fourth-order valence-electron chi connectivity index (χ4n) is 1.73.